The molecule has 0 unspecified atom stereocenters. The van der Waals surface area contributed by atoms with E-state index in [-0.39, 0.29) is 36.2 Å². The van der Waals surface area contributed by atoms with Crippen molar-refractivity contribution in [1.29, 1.82) is 0 Å². The average molecular weight is 693 g/mol. The van der Waals surface area contributed by atoms with E-state index in [2.05, 4.69) is 19.2 Å². The Kier molecular flexibility index (Phi) is 15.3. The molecular formula is C38H64N2O9. The fourth-order valence-electron chi connectivity index (χ4n) is 6.20. The van der Waals surface area contributed by atoms with Crippen LogP contribution in [-0.4, -0.2) is 85.4 Å². The van der Waals surface area contributed by atoms with E-state index in [9.17, 15) is 19.5 Å². The minimum Gasteiger partial charge on any atom is -0.493 e. The van der Waals surface area contributed by atoms with Gasteiger partial charge in [-0.25, -0.2) is 4.79 Å². The molecular weight excluding hydrogens is 628 g/mol. The highest BCUT2D eigenvalue weighted by Gasteiger charge is 2.52. The van der Waals surface area contributed by atoms with Crippen molar-refractivity contribution in [3.63, 3.8) is 0 Å². The van der Waals surface area contributed by atoms with Crippen LogP contribution in [0.5, 0.6) is 11.5 Å². The number of methoxy groups -OCH3 is 2. The number of carbonyl (C=O) groups is 3. The second kappa shape index (κ2) is 17.7. The summed E-state index contributed by atoms with van der Waals surface area (Å²) in [5.41, 5.74) is -1.74. The largest absolute Gasteiger partial charge is 0.493 e. The van der Waals surface area contributed by atoms with Gasteiger partial charge in [0.25, 0.3) is 0 Å². The van der Waals surface area contributed by atoms with E-state index in [1.807, 2.05) is 66.7 Å². The third-order valence-corrected chi connectivity index (χ3v) is 9.25. The first-order valence-corrected chi connectivity index (χ1v) is 17.6. The summed E-state index contributed by atoms with van der Waals surface area (Å²) in [5, 5.41) is 12.5. The fourth-order valence-corrected chi connectivity index (χ4v) is 6.20. The van der Waals surface area contributed by atoms with Gasteiger partial charge in [-0.3, -0.25) is 14.5 Å². The molecule has 1 aliphatic heterocycles. The molecule has 1 aromatic rings. The SMILES string of the molecule is COCCCOc1cc(C[C@@H](C[C@H]2[C@H](C[C@H](C(=O)NCC(C)(C)C(=O)O)C(C)C)OC(C)(C)N2C(=O)OC(C)(C)C)C(C)C)ccc1OC. The van der Waals surface area contributed by atoms with Crippen LogP contribution in [0, 0.1) is 29.1 Å². The van der Waals surface area contributed by atoms with Crippen LogP contribution >= 0.6 is 0 Å². The predicted molar refractivity (Wildman–Crippen MR) is 190 cm³/mol. The Hall–Kier alpha value is -3.05. The number of rotatable bonds is 18. The molecule has 0 spiro atoms. The van der Waals surface area contributed by atoms with Crippen molar-refractivity contribution in [2.24, 2.45) is 29.1 Å². The highest BCUT2D eigenvalue weighted by molar-refractivity contribution is 5.80. The molecule has 1 fully saturated rings. The van der Waals surface area contributed by atoms with Crippen molar-refractivity contribution < 1.29 is 43.2 Å². The van der Waals surface area contributed by atoms with E-state index in [1.165, 1.54) is 0 Å². The van der Waals surface area contributed by atoms with E-state index >= 15 is 0 Å². The average Bonchev–Trinajstić information content (AvgIpc) is 3.24. The van der Waals surface area contributed by atoms with Gasteiger partial charge in [-0.1, -0.05) is 33.8 Å². The van der Waals surface area contributed by atoms with E-state index < -0.39 is 40.8 Å². The van der Waals surface area contributed by atoms with Gasteiger partial charge in [-0.05, 0) is 103 Å². The van der Waals surface area contributed by atoms with Gasteiger partial charge in [0.05, 0.1) is 31.3 Å². The summed E-state index contributed by atoms with van der Waals surface area (Å²) in [4.78, 5) is 40.9. The Balaban J connectivity index is 2.47. The van der Waals surface area contributed by atoms with Crippen molar-refractivity contribution in [2.45, 2.75) is 125 Å². The lowest BCUT2D eigenvalue weighted by Gasteiger charge is -2.37. The van der Waals surface area contributed by atoms with E-state index in [0.29, 0.717) is 37.6 Å². The van der Waals surface area contributed by atoms with Crippen LogP contribution in [0.4, 0.5) is 4.79 Å². The molecule has 0 saturated carbocycles. The molecule has 0 aliphatic carbocycles. The molecule has 0 radical (unpaired) electrons. The first-order valence-electron chi connectivity index (χ1n) is 17.6. The quantitative estimate of drug-likeness (QED) is 0.157. The van der Waals surface area contributed by atoms with Crippen LogP contribution in [0.3, 0.4) is 0 Å². The first-order chi connectivity index (χ1) is 22.6. The smallest absolute Gasteiger partial charge is 0.412 e. The number of amides is 2. The zero-order valence-electron chi connectivity index (χ0n) is 32.3. The van der Waals surface area contributed by atoms with Gasteiger partial charge in [-0.15, -0.1) is 0 Å². The highest BCUT2D eigenvalue weighted by atomic mass is 16.6. The van der Waals surface area contributed by atoms with Crippen LogP contribution in [0.1, 0.15) is 101 Å². The molecule has 1 aromatic carbocycles. The molecule has 0 bridgehead atoms. The molecule has 1 saturated heterocycles. The number of benzene rings is 1. The molecule has 11 nitrogen and oxygen atoms in total. The summed E-state index contributed by atoms with van der Waals surface area (Å²) in [6, 6.07) is 5.61. The van der Waals surface area contributed by atoms with Gasteiger partial charge in [0.2, 0.25) is 5.91 Å². The van der Waals surface area contributed by atoms with Gasteiger partial charge < -0.3 is 34.1 Å². The number of ether oxygens (including phenoxy) is 5. The maximum atomic E-state index is 13.9. The molecule has 11 heteroatoms. The minimum absolute atomic E-state index is 0.00420. The van der Waals surface area contributed by atoms with Crippen molar-refractivity contribution >= 4 is 18.0 Å². The van der Waals surface area contributed by atoms with Gasteiger partial charge in [0.1, 0.15) is 11.3 Å². The Bertz CT molecular complexity index is 1240. The van der Waals surface area contributed by atoms with Crippen LogP contribution in [0.25, 0.3) is 0 Å². The predicted octanol–water partition coefficient (Wildman–Crippen LogP) is 6.95. The number of carboxylic acids is 1. The van der Waals surface area contributed by atoms with E-state index in [1.54, 1.807) is 33.0 Å². The second-order valence-electron chi connectivity index (χ2n) is 16.1. The molecule has 280 valence electrons. The molecule has 2 rings (SSSR count). The minimum atomic E-state index is -1.11. The summed E-state index contributed by atoms with van der Waals surface area (Å²) < 4.78 is 29.4. The zero-order valence-corrected chi connectivity index (χ0v) is 32.3. The number of aliphatic carboxylic acids is 1. The zero-order chi connectivity index (χ0) is 37.3. The number of carboxylic acid groups (broad SMARTS) is 1. The van der Waals surface area contributed by atoms with Crippen molar-refractivity contribution in [3.8, 4) is 11.5 Å². The number of nitrogens with zero attached hydrogens (tertiary/aromatic N) is 1. The molecule has 1 heterocycles. The summed E-state index contributed by atoms with van der Waals surface area (Å²) >= 11 is 0. The lowest BCUT2D eigenvalue weighted by molar-refractivity contribution is -0.147. The summed E-state index contributed by atoms with van der Waals surface area (Å²) in [6.45, 7) is 21.8. The maximum absolute atomic E-state index is 13.9. The van der Waals surface area contributed by atoms with Crippen molar-refractivity contribution in [1.82, 2.24) is 10.2 Å². The molecule has 2 N–H and O–H groups in total. The fraction of sp³-hybridized carbons (Fsp3) is 0.763. The lowest BCUT2D eigenvalue weighted by Crippen LogP contribution is -2.51. The van der Waals surface area contributed by atoms with E-state index in [0.717, 1.165) is 18.4 Å². The van der Waals surface area contributed by atoms with Gasteiger partial charge in [0, 0.05) is 32.6 Å². The maximum Gasteiger partial charge on any atom is 0.412 e. The summed E-state index contributed by atoms with van der Waals surface area (Å²) in [5.74, 6) is -0.0150. The topological polar surface area (TPSA) is 133 Å². The van der Waals surface area contributed by atoms with Gasteiger partial charge >= 0.3 is 12.1 Å². The second-order valence-corrected chi connectivity index (χ2v) is 16.1. The number of nitrogens with one attached hydrogen (secondary N) is 1. The third kappa shape index (κ3) is 12.3. The molecule has 1 aliphatic rings. The highest BCUT2D eigenvalue weighted by Crippen LogP contribution is 2.42. The first kappa shape index (κ1) is 42.1. The Morgan fingerprint density at radius 2 is 1.63 bits per heavy atom. The number of carbonyl (C=O) groups excluding carboxylic acids is 2. The van der Waals surface area contributed by atoms with Crippen LogP contribution in [0.2, 0.25) is 0 Å². The molecule has 2 amide bonds. The lowest BCUT2D eigenvalue weighted by atomic mass is 9.80. The van der Waals surface area contributed by atoms with Crippen LogP contribution < -0.4 is 14.8 Å². The van der Waals surface area contributed by atoms with Gasteiger partial charge in [0.15, 0.2) is 11.5 Å². The van der Waals surface area contributed by atoms with Crippen molar-refractivity contribution in [2.75, 3.05) is 34.0 Å². The number of hydrogen-bond acceptors (Lipinski definition) is 8. The Morgan fingerprint density at radius 3 is 2.16 bits per heavy atom. The molecule has 4 atom stereocenters. The summed E-state index contributed by atoms with van der Waals surface area (Å²) in [6.07, 6.45) is 1.52. The van der Waals surface area contributed by atoms with Crippen molar-refractivity contribution in [3.05, 3.63) is 23.8 Å². The standard InChI is InChI=1S/C38H64N2O9/c1-24(2)27(19-26-15-16-30(46-13)32(20-26)47-18-14-17-45-12)21-29-31(48-38(10,11)40(29)35(44)49-36(5,6)7)22-28(25(3)4)33(41)39-23-37(8,9)34(42)43/h15-16,20,24-25,27-29,31H,14,17-19,21-23H2,1-13H3,(H,39,41)(H,42,43)/t27-,28-,29-,31-/m0/s1. The van der Waals surface area contributed by atoms with Gasteiger partial charge in [-0.2, -0.15) is 0 Å². The monoisotopic (exact) mass is 692 g/mol. The number of hydrogen-bond donors (Lipinski definition) is 2. The van der Waals surface area contributed by atoms with Crippen LogP contribution in [0.15, 0.2) is 18.2 Å². The molecule has 0 aromatic heterocycles. The van der Waals surface area contributed by atoms with E-state index in [4.69, 9.17) is 23.7 Å². The Labute approximate surface area is 294 Å². The third-order valence-electron chi connectivity index (χ3n) is 9.25. The van der Waals surface area contributed by atoms with Crippen LogP contribution in [-0.2, 0) is 30.2 Å². The normalized spacial score (nSPS) is 19.1. The Morgan fingerprint density at radius 1 is 0.980 bits per heavy atom. The summed E-state index contributed by atoms with van der Waals surface area (Å²) in [7, 11) is 3.29. The molecule has 49 heavy (non-hydrogen) atoms.